The summed E-state index contributed by atoms with van der Waals surface area (Å²) in [4.78, 5) is 42.2. The van der Waals surface area contributed by atoms with Gasteiger partial charge in [0.2, 0.25) is 5.91 Å². The van der Waals surface area contributed by atoms with Crippen molar-refractivity contribution < 1.29 is 24.6 Å². The van der Waals surface area contributed by atoms with Gasteiger partial charge in [0.1, 0.15) is 0 Å². The molecule has 0 aliphatic heterocycles. The number of carboxylic acids is 2. The van der Waals surface area contributed by atoms with E-state index in [1.165, 1.54) is 88.9 Å². The van der Waals surface area contributed by atoms with Crippen molar-refractivity contribution in [2.24, 2.45) is 5.92 Å². The first-order valence-electron chi connectivity index (χ1n) is 17.5. The first-order valence-corrected chi connectivity index (χ1v) is 17.5. The Labute approximate surface area is 259 Å². The van der Waals surface area contributed by atoms with Crippen LogP contribution in [0.5, 0.6) is 0 Å². The van der Waals surface area contributed by atoms with Crippen LogP contribution >= 0.6 is 0 Å². The fourth-order valence-electron chi connectivity index (χ4n) is 6.34. The number of hydrogen-bond acceptors (Lipinski definition) is 4. The van der Waals surface area contributed by atoms with Crippen LogP contribution in [0.1, 0.15) is 168 Å². The number of amides is 1. The molecular weight excluding hydrogens is 528 g/mol. The van der Waals surface area contributed by atoms with E-state index in [1.54, 1.807) is 0 Å². The molecule has 0 bridgehead atoms. The maximum Gasteiger partial charge on any atom is 0.330 e. The molecular formula is C35H68N2O5. The van der Waals surface area contributed by atoms with E-state index in [0.29, 0.717) is 25.8 Å². The fraction of sp³-hybridized carbons (Fsp3) is 0.914. The van der Waals surface area contributed by atoms with Gasteiger partial charge in [-0.05, 0) is 39.9 Å². The third-order valence-electron chi connectivity index (χ3n) is 8.85. The maximum atomic E-state index is 13.1. The van der Waals surface area contributed by atoms with E-state index in [4.69, 9.17) is 0 Å². The van der Waals surface area contributed by atoms with Crippen molar-refractivity contribution in [2.75, 3.05) is 27.2 Å². The number of hydrogen-bond donors (Lipinski definition) is 2. The smallest absolute Gasteiger partial charge is 0.330 e. The quantitative estimate of drug-likeness (QED) is 0.0803. The molecule has 7 nitrogen and oxygen atoms in total. The Morgan fingerprint density at radius 1 is 0.595 bits per heavy atom. The third-order valence-corrected chi connectivity index (χ3v) is 8.85. The van der Waals surface area contributed by atoms with Crippen molar-refractivity contribution >= 4 is 17.8 Å². The van der Waals surface area contributed by atoms with E-state index in [-0.39, 0.29) is 25.3 Å². The fourth-order valence-corrected chi connectivity index (χ4v) is 6.34. The lowest BCUT2D eigenvalue weighted by molar-refractivity contribution is -0.172. The molecule has 248 valence electrons. The standard InChI is InChI=1S/C35H68N2O5/c1-6-8-10-12-14-16-18-20-22-24-27-32(33(39)40)35(34(41)42,37(31(3)38)30-26-29-36(4)5)28-25-23-21-19-17-15-13-11-9-7-2/h32H,6-30H2,1-5H3,(H,39,40)(H,41,42)/t32?,35-/m0/s1. The van der Waals surface area contributed by atoms with E-state index < -0.39 is 23.4 Å². The van der Waals surface area contributed by atoms with Crippen LogP contribution in [0.4, 0.5) is 0 Å². The van der Waals surface area contributed by atoms with Gasteiger partial charge in [-0.3, -0.25) is 9.59 Å². The van der Waals surface area contributed by atoms with Crippen molar-refractivity contribution in [3.63, 3.8) is 0 Å². The lowest BCUT2D eigenvalue weighted by atomic mass is 9.75. The number of carbonyl (C=O) groups is 3. The van der Waals surface area contributed by atoms with E-state index >= 15 is 0 Å². The Morgan fingerprint density at radius 3 is 1.36 bits per heavy atom. The van der Waals surface area contributed by atoms with Gasteiger partial charge in [0.15, 0.2) is 5.54 Å². The number of carboxylic acid groups (broad SMARTS) is 2. The van der Waals surface area contributed by atoms with Crippen LogP contribution in [0, 0.1) is 5.92 Å². The largest absolute Gasteiger partial charge is 0.481 e. The zero-order valence-electron chi connectivity index (χ0n) is 28.3. The Morgan fingerprint density at radius 2 is 1.00 bits per heavy atom. The molecule has 0 saturated carbocycles. The average molecular weight is 597 g/mol. The lowest BCUT2D eigenvalue weighted by Crippen LogP contribution is -2.63. The molecule has 0 aromatic rings. The first-order chi connectivity index (χ1) is 20.1. The van der Waals surface area contributed by atoms with Crippen LogP contribution < -0.4 is 0 Å². The Hall–Kier alpha value is -1.63. The van der Waals surface area contributed by atoms with Gasteiger partial charge in [0, 0.05) is 13.5 Å². The summed E-state index contributed by atoms with van der Waals surface area (Å²) in [5.74, 6) is -3.74. The molecule has 0 radical (unpaired) electrons. The summed E-state index contributed by atoms with van der Waals surface area (Å²) in [6.45, 7) is 6.79. The van der Waals surface area contributed by atoms with Crippen LogP contribution in [-0.4, -0.2) is 70.6 Å². The predicted molar refractivity (Wildman–Crippen MR) is 175 cm³/mol. The molecule has 1 unspecified atom stereocenters. The molecule has 1 amide bonds. The van der Waals surface area contributed by atoms with Crippen LogP contribution in [0.2, 0.25) is 0 Å². The van der Waals surface area contributed by atoms with Gasteiger partial charge < -0.3 is 20.0 Å². The molecule has 0 fully saturated rings. The molecule has 0 saturated heterocycles. The van der Waals surface area contributed by atoms with Crippen molar-refractivity contribution in [3.05, 3.63) is 0 Å². The van der Waals surface area contributed by atoms with Crippen LogP contribution in [-0.2, 0) is 14.4 Å². The van der Waals surface area contributed by atoms with Gasteiger partial charge in [-0.2, -0.15) is 0 Å². The molecule has 0 aliphatic rings. The van der Waals surface area contributed by atoms with Crippen molar-refractivity contribution in [2.45, 2.75) is 174 Å². The molecule has 42 heavy (non-hydrogen) atoms. The number of nitrogens with zero attached hydrogens (tertiary/aromatic N) is 2. The minimum atomic E-state index is -1.72. The van der Waals surface area contributed by atoms with Crippen molar-refractivity contribution in [1.82, 2.24) is 9.80 Å². The Kier molecular flexibility index (Phi) is 24.8. The van der Waals surface area contributed by atoms with Gasteiger partial charge >= 0.3 is 11.9 Å². The zero-order valence-corrected chi connectivity index (χ0v) is 28.3. The minimum Gasteiger partial charge on any atom is -0.481 e. The van der Waals surface area contributed by atoms with E-state index in [0.717, 1.165) is 38.5 Å². The second-order valence-corrected chi connectivity index (χ2v) is 12.9. The number of unbranched alkanes of at least 4 members (excludes halogenated alkanes) is 18. The average Bonchev–Trinajstić information content (AvgIpc) is 2.93. The topological polar surface area (TPSA) is 98.1 Å². The molecule has 7 heteroatoms. The lowest BCUT2D eigenvalue weighted by Gasteiger charge is -2.44. The van der Waals surface area contributed by atoms with Crippen LogP contribution in [0.15, 0.2) is 0 Å². The summed E-state index contributed by atoms with van der Waals surface area (Å²) >= 11 is 0. The number of carbonyl (C=O) groups excluding carboxylic acids is 1. The Bertz CT molecular complexity index is 699. The van der Waals surface area contributed by atoms with Gasteiger partial charge in [0.05, 0.1) is 5.92 Å². The van der Waals surface area contributed by atoms with E-state index in [2.05, 4.69) is 13.8 Å². The first kappa shape index (κ1) is 40.4. The summed E-state index contributed by atoms with van der Waals surface area (Å²) in [7, 11) is 3.88. The summed E-state index contributed by atoms with van der Waals surface area (Å²) in [5, 5.41) is 21.1. The highest BCUT2D eigenvalue weighted by atomic mass is 16.4. The highest BCUT2D eigenvalue weighted by molar-refractivity contribution is 5.91. The maximum absolute atomic E-state index is 13.1. The SMILES string of the molecule is CCCCCCCCCCCCC(C(=O)O)[C@@](CCCCCCCCCCCC)(C(=O)O)N(CCCN(C)C)C(C)=O. The molecule has 2 atom stereocenters. The summed E-state index contributed by atoms with van der Waals surface area (Å²) in [6.07, 6.45) is 23.5. The van der Waals surface area contributed by atoms with Gasteiger partial charge in [0.25, 0.3) is 0 Å². The number of aliphatic carboxylic acids is 2. The summed E-state index contributed by atoms with van der Waals surface area (Å²) in [5.41, 5.74) is -1.72. The van der Waals surface area contributed by atoms with E-state index in [9.17, 15) is 24.6 Å². The highest BCUT2D eigenvalue weighted by Crippen LogP contribution is 2.36. The zero-order chi connectivity index (χ0) is 31.6. The Balaban J connectivity index is 5.39. The van der Waals surface area contributed by atoms with Crippen LogP contribution in [0.25, 0.3) is 0 Å². The highest BCUT2D eigenvalue weighted by Gasteiger charge is 2.54. The third kappa shape index (κ3) is 17.5. The monoisotopic (exact) mass is 597 g/mol. The van der Waals surface area contributed by atoms with Gasteiger partial charge in [-0.1, -0.05) is 142 Å². The molecule has 0 aromatic heterocycles. The molecule has 2 N–H and O–H groups in total. The second kappa shape index (κ2) is 25.8. The van der Waals surface area contributed by atoms with Crippen molar-refractivity contribution in [3.8, 4) is 0 Å². The molecule has 0 aliphatic carbocycles. The molecule has 0 heterocycles. The van der Waals surface area contributed by atoms with Crippen molar-refractivity contribution in [1.29, 1.82) is 0 Å². The number of rotatable bonds is 30. The van der Waals surface area contributed by atoms with Gasteiger partial charge in [-0.25, -0.2) is 4.79 Å². The predicted octanol–water partition coefficient (Wildman–Crippen LogP) is 8.93. The summed E-state index contributed by atoms with van der Waals surface area (Å²) in [6, 6.07) is 0. The molecule has 0 spiro atoms. The molecule has 0 rings (SSSR count). The minimum absolute atomic E-state index is 0.190. The van der Waals surface area contributed by atoms with E-state index in [1.807, 2.05) is 19.0 Å². The van der Waals surface area contributed by atoms with Crippen LogP contribution in [0.3, 0.4) is 0 Å². The second-order valence-electron chi connectivity index (χ2n) is 12.9. The summed E-state index contributed by atoms with van der Waals surface area (Å²) < 4.78 is 0. The normalized spacial score (nSPS) is 13.7. The van der Waals surface area contributed by atoms with Gasteiger partial charge in [-0.15, -0.1) is 0 Å². The molecule has 0 aromatic carbocycles.